The van der Waals surface area contributed by atoms with E-state index in [1.807, 2.05) is 27.7 Å². The summed E-state index contributed by atoms with van der Waals surface area (Å²) in [5.74, 6) is -0.0600. The molecule has 0 amide bonds. The molecule has 0 aromatic heterocycles. The average molecular weight is 699 g/mol. The zero-order valence-corrected chi connectivity index (χ0v) is 23.6. The Labute approximate surface area is 216 Å². The van der Waals surface area contributed by atoms with E-state index in [-0.39, 0.29) is 40.4 Å². The summed E-state index contributed by atoms with van der Waals surface area (Å²) >= 11 is 13.0. The molecule has 0 saturated carbocycles. The SMILES string of the molecule is CC(C)N=Cc1cc(Br)cc(Br)c1[O-].CC(C)N=Cc1cc(Br)cc(Br)c1[O-].[Co+2]. The van der Waals surface area contributed by atoms with Gasteiger partial charge in [-0.3, -0.25) is 9.98 Å². The molecule has 2 rings (SSSR count). The average Bonchev–Trinajstić information content (AvgIpc) is 2.59. The van der Waals surface area contributed by atoms with E-state index in [2.05, 4.69) is 73.7 Å². The second-order valence-corrected chi connectivity index (χ2v) is 9.90. The van der Waals surface area contributed by atoms with Crippen LogP contribution in [0.1, 0.15) is 38.8 Å². The first-order chi connectivity index (χ1) is 13.0. The minimum Gasteiger partial charge on any atom is -0.871 e. The fourth-order valence-corrected chi connectivity index (χ4v) is 4.33. The van der Waals surface area contributed by atoms with Crippen LogP contribution in [-0.4, -0.2) is 24.5 Å². The molecular formula is C20H20Br4CoN2O2. The Kier molecular flexibility index (Phi) is 13.9. The van der Waals surface area contributed by atoms with E-state index in [0.29, 0.717) is 20.1 Å². The van der Waals surface area contributed by atoms with Crippen molar-refractivity contribution in [3.8, 4) is 11.5 Å². The van der Waals surface area contributed by atoms with E-state index in [9.17, 15) is 10.2 Å². The molecule has 2 aromatic carbocycles. The molecule has 0 unspecified atom stereocenters. The van der Waals surface area contributed by atoms with Crippen LogP contribution in [-0.2, 0) is 16.8 Å². The Morgan fingerprint density at radius 3 is 1.28 bits per heavy atom. The zero-order chi connectivity index (χ0) is 21.4. The van der Waals surface area contributed by atoms with Crippen molar-refractivity contribution >= 4 is 76.1 Å². The van der Waals surface area contributed by atoms with Gasteiger partial charge in [0.05, 0.1) is 0 Å². The molecule has 0 N–H and O–H groups in total. The molecule has 0 atom stereocenters. The van der Waals surface area contributed by atoms with Gasteiger partial charge in [-0.2, -0.15) is 0 Å². The number of benzene rings is 2. The molecule has 0 aliphatic carbocycles. The monoisotopic (exact) mass is 695 g/mol. The minimum atomic E-state index is -0.0300. The van der Waals surface area contributed by atoms with Gasteiger partial charge in [-0.25, -0.2) is 0 Å². The first-order valence-electron chi connectivity index (χ1n) is 8.39. The normalized spacial score (nSPS) is 11.1. The number of hydrogen-bond donors (Lipinski definition) is 0. The van der Waals surface area contributed by atoms with Crippen LogP contribution >= 0.6 is 63.7 Å². The first-order valence-corrected chi connectivity index (χ1v) is 11.6. The van der Waals surface area contributed by atoms with Crippen LogP contribution in [0.5, 0.6) is 11.5 Å². The Balaban J connectivity index is 0.000000523. The van der Waals surface area contributed by atoms with Crippen LogP contribution in [0.4, 0.5) is 0 Å². The molecule has 0 aliphatic rings. The molecule has 0 fully saturated rings. The summed E-state index contributed by atoms with van der Waals surface area (Å²) in [7, 11) is 0. The van der Waals surface area contributed by atoms with Crippen molar-refractivity contribution in [2.45, 2.75) is 39.8 Å². The zero-order valence-electron chi connectivity index (χ0n) is 16.2. The maximum Gasteiger partial charge on any atom is 2.00 e. The van der Waals surface area contributed by atoms with Crippen LogP contribution < -0.4 is 10.2 Å². The van der Waals surface area contributed by atoms with Crippen LogP contribution in [0.3, 0.4) is 0 Å². The van der Waals surface area contributed by atoms with Crippen molar-refractivity contribution in [2.24, 2.45) is 9.98 Å². The van der Waals surface area contributed by atoms with Gasteiger partial charge in [0.1, 0.15) is 0 Å². The van der Waals surface area contributed by atoms with E-state index < -0.39 is 0 Å². The fraction of sp³-hybridized carbons (Fsp3) is 0.300. The largest absolute Gasteiger partial charge is 2.00 e. The number of nitrogens with zero attached hydrogens (tertiary/aromatic N) is 2. The Hall–Kier alpha value is -0.194. The first kappa shape index (κ1) is 28.8. The van der Waals surface area contributed by atoms with Crippen LogP contribution in [0.15, 0.2) is 52.1 Å². The van der Waals surface area contributed by atoms with Gasteiger partial charge < -0.3 is 10.2 Å². The third kappa shape index (κ3) is 10.6. The van der Waals surface area contributed by atoms with Crippen molar-refractivity contribution in [3.05, 3.63) is 53.3 Å². The predicted molar refractivity (Wildman–Crippen MR) is 128 cm³/mol. The summed E-state index contributed by atoms with van der Waals surface area (Å²) in [4.78, 5) is 8.34. The second kappa shape index (κ2) is 14.0. The van der Waals surface area contributed by atoms with Crippen molar-refractivity contribution in [1.29, 1.82) is 0 Å². The van der Waals surface area contributed by atoms with Crippen LogP contribution in [0.25, 0.3) is 0 Å². The third-order valence-corrected chi connectivity index (χ3v) is 5.19. The van der Waals surface area contributed by atoms with Crippen molar-refractivity contribution in [2.75, 3.05) is 0 Å². The van der Waals surface area contributed by atoms with Crippen molar-refractivity contribution < 1.29 is 27.0 Å². The van der Waals surface area contributed by atoms with Crippen molar-refractivity contribution in [1.82, 2.24) is 0 Å². The molecule has 0 aliphatic heterocycles. The van der Waals surface area contributed by atoms with E-state index >= 15 is 0 Å². The van der Waals surface area contributed by atoms with Crippen molar-refractivity contribution in [3.63, 3.8) is 0 Å². The van der Waals surface area contributed by atoms with Crippen LogP contribution in [0.2, 0.25) is 0 Å². The summed E-state index contributed by atoms with van der Waals surface area (Å²) in [5, 5.41) is 23.1. The maximum absolute atomic E-state index is 11.6. The maximum atomic E-state index is 11.6. The number of hydrogen-bond acceptors (Lipinski definition) is 4. The van der Waals surface area contributed by atoms with Gasteiger partial charge in [0, 0.05) is 42.4 Å². The number of halogens is 4. The summed E-state index contributed by atoms with van der Waals surface area (Å²) in [6.07, 6.45) is 3.23. The quantitative estimate of drug-likeness (QED) is 0.356. The number of rotatable bonds is 4. The van der Waals surface area contributed by atoms with E-state index in [1.54, 1.807) is 36.7 Å². The molecule has 0 bridgehead atoms. The standard InChI is InChI=1S/2C10H11Br2NO.Co/c2*1-6(2)13-5-7-3-8(11)4-9(12)10(7)14;/h2*3-6,14H,1-2H3;/q;;+2/p-2. The van der Waals surface area contributed by atoms with Gasteiger partial charge in [-0.1, -0.05) is 75.2 Å². The number of aliphatic imine (C=N–C) groups is 2. The molecule has 2 aromatic rings. The van der Waals surface area contributed by atoms with Gasteiger partial charge >= 0.3 is 16.8 Å². The minimum absolute atomic E-state index is 0. The van der Waals surface area contributed by atoms with E-state index in [0.717, 1.165) is 8.95 Å². The predicted octanol–water partition coefficient (Wildman–Crippen LogP) is 6.22. The molecular weight excluding hydrogens is 679 g/mol. The molecule has 159 valence electrons. The van der Waals surface area contributed by atoms with Gasteiger partial charge in [-0.05, 0) is 63.1 Å². The molecule has 9 heteroatoms. The van der Waals surface area contributed by atoms with E-state index in [1.165, 1.54) is 0 Å². The summed E-state index contributed by atoms with van der Waals surface area (Å²) < 4.78 is 2.84. The molecule has 1 radical (unpaired) electrons. The summed E-state index contributed by atoms with van der Waals surface area (Å²) in [5.41, 5.74) is 1.19. The molecule has 0 spiro atoms. The Bertz CT molecular complexity index is 801. The van der Waals surface area contributed by atoms with Gasteiger partial charge in [0.25, 0.3) is 0 Å². The van der Waals surface area contributed by atoms with Crippen LogP contribution in [0, 0.1) is 0 Å². The summed E-state index contributed by atoms with van der Waals surface area (Å²) in [6, 6.07) is 7.39. The summed E-state index contributed by atoms with van der Waals surface area (Å²) in [6.45, 7) is 7.87. The molecule has 0 saturated heterocycles. The molecule has 4 nitrogen and oxygen atoms in total. The van der Waals surface area contributed by atoms with Gasteiger partial charge in [-0.15, -0.1) is 0 Å². The topological polar surface area (TPSA) is 70.8 Å². The van der Waals surface area contributed by atoms with E-state index in [4.69, 9.17) is 0 Å². The Morgan fingerprint density at radius 2 is 1.00 bits per heavy atom. The molecule has 0 heterocycles. The fourth-order valence-electron chi connectivity index (χ4n) is 1.81. The third-order valence-electron chi connectivity index (χ3n) is 3.10. The second-order valence-electron chi connectivity index (χ2n) is 6.36. The smallest absolute Gasteiger partial charge is 0.871 e. The molecule has 29 heavy (non-hydrogen) atoms. The Morgan fingerprint density at radius 1 is 0.690 bits per heavy atom. The van der Waals surface area contributed by atoms with Gasteiger partial charge in [0.2, 0.25) is 0 Å². The van der Waals surface area contributed by atoms with Gasteiger partial charge in [0.15, 0.2) is 0 Å².